The van der Waals surface area contributed by atoms with Crippen LogP contribution < -0.4 is 16.0 Å². The van der Waals surface area contributed by atoms with Gasteiger partial charge in [-0.05, 0) is 18.2 Å². The van der Waals surface area contributed by atoms with Crippen molar-refractivity contribution in [3.8, 4) is 0 Å². The molecule has 0 aromatic heterocycles. The summed E-state index contributed by atoms with van der Waals surface area (Å²) >= 11 is 6.01. The quantitative estimate of drug-likeness (QED) is 0.750. The van der Waals surface area contributed by atoms with E-state index in [0.717, 1.165) is 31.0 Å². The molecular weight excluding hydrogens is 252 g/mol. The van der Waals surface area contributed by atoms with E-state index < -0.39 is 0 Å². The van der Waals surface area contributed by atoms with Gasteiger partial charge < -0.3 is 20.9 Å². The molecule has 2 aliphatic heterocycles. The van der Waals surface area contributed by atoms with E-state index in [1.165, 1.54) is 0 Å². The molecule has 2 aliphatic rings. The first-order valence-electron chi connectivity index (χ1n) is 5.99. The number of carbonyl (C=O) groups excluding carboxylic acids is 1. The van der Waals surface area contributed by atoms with Crippen LogP contribution in [0.15, 0.2) is 18.2 Å². The number of hydrogen-bond acceptors (Lipinski definition) is 3. The number of nitrogens with one attached hydrogen (secondary N) is 1. The number of nitrogen functional groups attached to an aromatic ring is 1. The number of hydrogen-bond donors (Lipinski definition) is 2. The van der Waals surface area contributed by atoms with Crippen LogP contribution >= 0.6 is 11.6 Å². The molecule has 1 aromatic carbocycles. The van der Waals surface area contributed by atoms with E-state index >= 15 is 0 Å². The Morgan fingerprint density at radius 3 is 3.06 bits per heavy atom. The Labute approximate surface area is 110 Å². The van der Waals surface area contributed by atoms with Crippen LogP contribution in [0, 0.1) is 0 Å². The average molecular weight is 267 g/mol. The summed E-state index contributed by atoms with van der Waals surface area (Å²) in [6, 6.07) is 5.76. The number of nitrogens with two attached hydrogens (primary N) is 1. The van der Waals surface area contributed by atoms with Crippen molar-refractivity contribution in [3.05, 3.63) is 23.2 Å². The predicted octanol–water partition coefficient (Wildman–Crippen LogP) is 1.14. The number of benzene rings is 1. The molecule has 0 bridgehead atoms. The summed E-state index contributed by atoms with van der Waals surface area (Å²) in [6.07, 6.45) is 0. The lowest BCUT2D eigenvalue weighted by atomic mass is 10.1. The molecule has 5 nitrogen and oxygen atoms in total. The molecule has 2 saturated heterocycles. The third-order valence-electron chi connectivity index (χ3n) is 3.57. The van der Waals surface area contributed by atoms with Gasteiger partial charge in [-0.2, -0.15) is 0 Å². The number of fused-ring (bicyclic) bond motifs is 1. The lowest BCUT2D eigenvalue weighted by Crippen LogP contribution is -2.52. The maximum absolute atomic E-state index is 11.5. The van der Waals surface area contributed by atoms with Gasteiger partial charge in [0, 0.05) is 31.2 Å². The summed E-state index contributed by atoms with van der Waals surface area (Å²) in [4.78, 5) is 15.6. The van der Waals surface area contributed by atoms with Gasteiger partial charge in [0.15, 0.2) is 0 Å². The second-order valence-electron chi connectivity index (χ2n) is 4.68. The lowest BCUT2D eigenvalue weighted by Gasteiger charge is -2.38. The van der Waals surface area contributed by atoms with Gasteiger partial charge in [0.05, 0.1) is 17.4 Å². The minimum Gasteiger partial charge on any atom is -0.397 e. The molecule has 0 aliphatic carbocycles. The zero-order valence-electron chi connectivity index (χ0n) is 9.90. The predicted molar refractivity (Wildman–Crippen MR) is 72.0 cm³/mol. The molecule has 18 heavy (non-hydrogen) atoms. The number of rotatable bonds is 1. The molecule has 1 atom stereocenters. The van der Waals surface area contributed by atoms with E-state index in [0.29, 0.717) is 11.6 Å². The van der Waals surface area contributed by atoms with E-state index in [-0.39, 0.29) is 12.1 Å². The number of halogens is 1. The minimum atomic E-state index is 0.0405. The summed E-state index contributed by atoms with van der Waals surface area (Å²) in [5, 5.41) is 3.55. The van der Waals surface area contributed by atoms with E-state index in [1.807, 2.05) is 17.0 Å². The number of carbonyl (C=O) groups is 1. The van der Waals surface area contributed by atoms with Crippen molar-refractivity contribution in [1.29, 1.82) is 0 Å². The largest absolute Gasteiger partial charge is 0.397 e. The van der Waals surface area contributed by atoms with Gasteiger partial charge in [-0.15, -0.1) is 0 Å². The Morgan fingerprint density at radius 1 is 1.39 bits per heavy atom. The molecule has 1 aromatic rings. The van der Waals surface area contributed by atoms with Crippen LogP contribution in [0.5, 0.6) is 0 Å². The molecule has 0 saturated carbocycles. The first-order valence-corrected chi connectivity index (χ1v) is 6.37. The second-order valence-corrected chi connectivity index (χ2v) is 5.12. The summed E-state index contributed by atoms with van der Waals surface area (Å²) in [5.41, 5.74) is 7.67. The number of piperazine rings is 1. The summed E-state index contributed by atoms with van der Waals surface area (Å²) in [7, 11) is 0. The Hall–Kier alpha value is -1.62. The zero-order valence-corrected chi connectivity index (χ0v) is 10.7. The maximum Gasteiger partial charge on any atom is 0.317 e. The van der Waals surface area contributed by atoms with E-state index in [2.05, 4.69) is 10.2 Å². The molecule has 0 spiro atoms. The molecular formula is C12H15ClN4O. The van der Waals surface area contributed by atoms with Crippen molar-refractivity contribution in [2.24, 2.45) is 0 Å². The SMILES string of the molecule is Nc1ccc(Cl)cc1N1CCN2C(=O)NCC2C1. The van der Waals surface area contributed by atoms with Gasteiger partial charge in [-0.1, -0.05) is 11.6 Å². The molecule has 2 amide bonds. The zero-order chi connectivity index (χ0) is 12.7. The maximum atomic E-state index is 11.5. The van der Waals surface area contributed by atoms with Gasteiger partial charge in [0.25, 0.3) is 0 Å². The van der Waals surface area contributed by atoms with Crippen LogP contribution in [-0.2, 0) is 0 Å². The van der Waals surface area contributed by atoms with Crippen molar-refractivity contribution in [2.75, 3.05) is 36.8 Å². The fraction of sp³-hybridized carbons (Fsp3) is 0.417. The fourth-order valence-electron chi connectivity index (χ4n) is 2.61. The third kappa shape index (κ3) is 1.84. The highest BCUT2D eigenvalue weighted by Crippen LogP contribution is 2.29. The molecule has 3 rings (SSSR count). The molecule has 1 unspecified atom stereocenters. The average Bonchev–Trinajstić information content (AvgIpc) is 2.74. The Kier molecular flexibility index (Phi) is 2.70. The van der Waals surface area contributed by atoms with Gasteiger partial charge in [0.2, 0.25) is 0 Å². The molecule has 96 valence electrons. The van der Waals surface area contributed by atoms with Crippen molar-refractivity contribution in [1.82, 2.24) is 10.2 Å². The van der Waals surface area contributed by atoms with E-state index in [4.69, 9.17) is 17.3 Å². The Balaban J connectivity index is 1.82. The highest BCUT2D eigenvalue weighted by Gasteiger charge is 2.35. The summed E-state index contributed by atoms with van der Waals surface area (Å²) in [6.45, 7) is 3.01. The molecule has 2 heterocycles. The van der Waals surface area contributed by atoms with E-state index in [1.54, 1.807) is 6.07 Å². The smallest absolute Gasteiger partial charge is 0.317 e. The molecule has 3 N–H and O–H groups in total. The number of nitrogens with zero attached hydrogens (tertiary/aromatic N) is 2. The first kappa shape index (κ1) is 11.5. The highest BCUT2D eigenvalue weighted by molar-refractivity contribution is 6.31. The number of anilines is 2. The third-order valence-corrected chi connectivity index (χ3v) is 3.80. The van der Waals surface area contributed by atoms with Crippen LogP contribution in [0.4, 0.5) is 16.2 Å². The van der Waals surface area contributed by atoms with Crippen LogP contribution in [-0.4, -0.2) is 43.2 Å². The topological polar surface area (TPSA) is 61.6 Å². The van der Waals surface area contributed by atoms with Crippen LogP contribution in [0.1, 0.15) is 0 Å². The van der Waals surface area contributed by atoms with E-state index in [9.17, 15) is 4.79 Å². The van der Waals surface area contributed by atoms with Crippen LogP contribution in [0.25, 0.3) is 0 Å². The Morgan fingerprint density at radius 2 is 2.22 bits per heavy atom. The van der Waals surface area contributed by atoms with Gasteiger partial charge in [-0.25, -0.2) is 4.79 Å². The van der Waals surface area contributed by atoms with Crippen molar-refractivity contribution < 1.29 is 4.79 Å². The second kappa shape index (κ2) is 4.24. The Bertz CT molecular complexity index is 493. The molecule has 2 fully saturated rings. The van der Waals surface area contributed by atoms with Gasteiger partial charge >= 0.3 is 6.03 Å². The van der Waals surface area contributed by atoms with Gasteiger partial charge in [-0.3, -0.25) is 0 Å². The summed E-state index contributed by atoms with van der Waals surface area (Å²) in [5.74, 6) is 0. The van der Waals surface area contributed by atoms with Crippen LogP contribution in [0.3, 0.4) is 0 Å². The highest BCUT2D eigenvalue weighted by atomic mass is 35.5. The molecule has 0 radical (unpaired) electrons. The van der Waals surface area contributed by atoms with Gasteiger partial charge in [0.1, 0.15) is 0 Å². The normalized spacial score (nSPS) is 22.9. The molecule has 6 heteroatoms. The summed E-state index contributed by atoms with van der Waals surface area (Å²) < 4.78 is 0. The van der Waals surface area contributed by atoms with Crippen molar-refractivity contribution in [2.45, 2.75) is 6.04 Å². The van der Waals surface area contributed by atoms with Crippen molar-refractivity contribution in [3.63, 3.8) is 0 Å². The standard InChI is InChI=1S/C12H15ClN4O/c13-8-1-2-10(14)11(5-8)16-3-4-17-9(7-16)6-15-12(17)18/h1-2,5,9H,3-4,6-7,14H2,(H,15,18). The fourth-order valence-corrected chi connectivity index (χ4v) is 2.78. The van der Waals surface area contributed by atoms with Crippen LogP contribution in [0.2, 0.25) is 5.02 Å². The first-order chi connectivity index (χ1) is 8.65. The number of urea groups is 1. The lowest BCUT2D eigenvalue weighted by molar-refractivity contribution is 0.198. The van der Waals surface area contributed by atoms with Crippen molar-refractivity contribution >= 4 is 29.0 Å². The monoisotopic (exact) mass is 266 g/mol. The minimum absolute atomic E-state index is 0.0405. The number of amides is 2.